The van der Waals surface area contributed by atoms with Crippen LogP contribution in [0.15, 0.2) is 0 Å². The van der Waals surface area contributed by atoms with Gasteiger partial charge in [0.25, 0.3) is 0 Å². The van der Waals surface area contributed by atoms with Gasteiger partial charge in [0.05, 0.1) is 6.61 Å². The fraction of sp³-hybridized carbons (Fsp3) is 0.846. The summed E-state index contributed by atoms with van der Waals surface area (Å²) in [7, 11) is 0. The predicted molar refractivity (Wildman–Crippen MR) is 65.7 cm³/mol. The van der Waals surface area contributed by atoms with Gasteiger partial charge in [-0.15, -0.1) is 0 Å². The number of imide groups is 1. The van der Waals surface area contributed by atoms with Crippen molar-refractivity contribution in [1.82, 2.24) is 4.90 Å². The van der Waals surface area contributed by atoms with Crippen LogP contribution in [-0.4, -0.2) is 30.1 Å². The molecule has 0 aromatic heterocycles. The molecule has 17 heavy (non-hydrogen) atoms. The highest BCUT2D eigenvalue weighted by molar-refractivity contribution is 5.91. The normalized spacial score (nSPS) is 18.2. The minimum atomic E-state index is -0.453. The first-order valence-electron chi connectivity index (χ1n) is 6.73. The van der Waals surface area contributed by atoms with Gasteiger partial charge in [-0.25, -0.2) is 9.69 Å². The lowest BCUT2D eigenvalue weighted by Gasteiger charge is -2.19. The Morgan fingerprint density at radius 3 is 2.71 bits per heavy atom. The Morgan fingerprint density at radius 1 is 1.24 bits per heavy atom. The summed E-state index contributed by atoms with van der Waals surface area (Å²) in [4.78, 5) is 24.9. The van der Waals surface area contributed by atoms with Crippen molar-refractivity contribution >= 4 is 12.0 Å². The first-order valence-corrected chi connectivity index (χ1v) is 6.73. The maximum absolute atomic E-state index is 11.8. The van der Waals surface area contributed by atoms with E-state index in [4.69, 9.17) is 4.74 Å². The van der Waals surface area contributed by atoms with Crippen molar-refractivity contribution < 1.29 is 14.3 Å². The summed E-state index contributed by atoms with van der Waals surface area (Å²) in [5.74, 6) is -0.0756. The zero-order valence-corrected chi connectivity index (χ0v) is 10.7. The second-order valence-electron chi connectivity index (χ2n) is 4.53. The van der Waals surface area contributed by atoms with Crippen molar-refractivity contribution in [3.05, 3.63) is 0 Å². The summed E-state index contributed by atoms with van der Waals surface area (Å²) < 4.78 is 5.10. The predicted octanol–water partition coefficient (Wildman–Crippen LogP) is 3.11. The van der Waals surface area contributed by atoms with Crippen LogP contribution in [0.5, 0.6) is 0 Å². The molecule has 0 unspecified atom stereocenters. The third-order valence-electron chi connectivity index (χ3n) is 3.02. The maximum atomic E-state index is 11.8. The monoisotopic (exact) mass is 241 g/mol. The summed E-state index contributed by atoms with van der Waals surface area (Å²) in [6.07, 6.45) is 6.98. The van der Waals surface area contributed by atoms with Crippen LogP contribution in [0.2, 0.25) is 0 Å². The number of nitrogens with zero attached hydrogens (tertiary/aromatic N) is 1. The van der Waals surface area contributed by atoms with Gasteiger partial charge in [-0.2, -0.15) is 0 Å². The van der Waals surface area contributed by atoms with Gasteiger partial charge in [0.15, 0.2) is 0 Å². The van der Waals surface area contributed by atoms with E-state index in [9.17, 15) is 9.59 Å². The summed E-state index contributed by atoms with van der Waals surface area (Å²) >= 11 is 0. The van der Waals surface area contributed by atoms with Crippen molar-refractivity contribution in [2.45, 2.75) is 58.3 Å². The molecular weight excluding hydrogens is 218 g/mol. The van der Waals surface area contributed by atoms with Crippen molar-refractivity contribution in [3.8, 4) is 0 Å². The Hall–Kier alpha value is -1.06. The van der Waals surface area contributed by atoms with Gasteiger partial charge in [-0.05, 0) is 19.3 Å². The first-order chi connectivity index (χ1) is 8.25. The zero-order chi connectivity index (χ0) is 12.5. The fourth-order valence-electron chi connectivity index (χ4n) is 1.91. The van der Waals surface area contributed by atoms with Gasteiger partial charge in [-0.3, -0.25) is 4.79 Å². The smallest absolute Gasteiger partial charge is 0.416 e. The molecule has 0 bridgehead atoms. The molecule has 0 atom stereocenters. The molecule has 1 fully saturated rings. The number of hydrogen-bond donors (Lipinski definition) is 0. The van der Waals surface area contributed by atoms with Crippen LogP contribution >= 0.6 is 0 Å². The van der Waals surface area contributed by atoms with Crippen LogP contribution in [0.3, 0.4) is 0 Å². The number of hydrogen-bond acceptors (Lipinski definition) is 3. The van der Waals surface area contributed by atoms with Gasteiger partial charge < -0.3 is 4.74 Å². The topological polar surface area (TPSA) is 46.6 Å². The standard InChI is InChI=1S/C13H23NO3/c1-2-3-11-17-13(16)14-10-8-6-4-5-7-9-12(14)15/h2-11H2,1H3. The Kier molecular flexibility index (Phi) is 6.67. The molecule has 0 aromatic rings. The lowest BCUT2D eigenvalue weighted by atomic mass is 10.1. The summed E-state index contributed by atoms with van der Waals surface area (Å²) in [5, 5.41) is 0. The van der Waals surface area contributed by atoms with Gasteiger partial charge in [0.1, 0.15) is 0 Å². The molecule has 98 valence electrons. The van der Waals surface area contributed by atoms with E-state index in [0.29, 0.717) is 19.6 Å². The molecule has 1 heterocycles. The highest BCUT2D eigenvalue weighted by Gasteiger charge is 2.22. The minimum Gasteiger partial charge on any atom is -0.449 e. The van der Waals surface area contributed by atoms with Gasteiger partial charge in [-0.1, -0.05) is 32.6 Å². The highest BCUT2D eigenvalue weighted by Crippen LogP contribution is 2.13. The molecule has 1 aliphatic heterocycles. The molecule has 2 amide bonds. The van der Waals surface area contributed by atoms with Crippen LogP contribution in [0, 0.1) is 0 Å². The summed E-state index contributed by atoms with van der Waals surface area (Å²) in [6.45, 7) is 2.97. The van der Waals surface area contributed by atoms with E-state index in [1.165, 1.54) is 4.90 Å². The Balaban J connectivity index is 2.44. The van der Waals surface area contributed by atoms with Crippen LogP contribution in [0.1, 0.15) is 58.3 Å². The number of carbonyl (C=O) groups excluding carboxylic acids is 2. The Morgan fingerprint density at radius 2 is 1.94 bits per heavy atom. The largest absolute Gasteiger partial charge is 0.449 e. The van der Waals surface area contributed by atoms with Crippen molar-refractivity contribution in [2.75, 3.05) is 13.2 Å². The molecule has 0 aromatic carbocycles. The highest BCUT2D eigenvalue weighted by atomic mass is 16.6. The lowest BCUT2D eigenvalue weighted by molar-refractivity contribution is -0.129. The summed E-state index contributed by atoms with van der Waals surface area (Å²) in [5.41, 5.74) is 0. The average molecular weight is 241 g/mol. The van der Waals surface area contributed by atoms with E-state index in [1.54, 1.807) is 0 Å². The Labute approximate surface area is 103 Å². The van der Waals surface area contributed by atoms with Gasteiger partial charge >= 0.3 is 6.09 Å². The lowest BCUT2D eigenvalue weighted by Crippen LogP contribution is -2.37. The van der Waals surface area contributed by atoms with E-state index in [0.717, 1.165) is 44.9 Å². The average Bonchev–Trinajstić information content (AvgIpc) is 2.41. The van der Waals surface area contributed by atoms with Crippen molar-refractivity contribution in [1.29, 1.82) is 0 Å². The molecule has 1 saturated heterocycles. The molecule has 0 saturated carbocycles. The van der Waals surface area contributed by atoms with Crippen molar-refractivity contribution in [2.24, 2.45) is 0 Å². The van der Waals surface area contributed by atoms with E-state index >= 15 is 0 Å². The van der Waals surface area contributed by atoms with Gasteiger partial charge in [0.2, 0.25) is 5.91 Å². The first kappa shape index (κ1) is 14.0. The van der Waals surface area contributed by atoms with E-state index in [2.05, 4.69) is 0 Å². The SMILES string of the molecule is CCCCOC(=O)N1CCCCCCCC1=O. The van der Waals surface area contributed by atoms with Crippen molar-refractivity contribution in [3.63, 3.8) is 0 Å². The third kappa shape index (κ3) is 5.20. The second kappa shape index (κ2) is 8.09. The molecule has 0 spiro atoms. The zero-order valence-electron chi connectivity index (χ0n) is 10.7. The molecule has 1 rings (SSSR count). The third-order valence-corrected chi connectivity index (χ3v) is 3.02. The van der Waals surface area contributed by atoms with Crippen LogP contribution in [0.25, 0.3) is 0 Å². The summed E-state index contributed by atoms with van der Waals surface area (Å²) in [6, 6.07) is 0. The second-order valence-corrected chi connectivity index (χ2v) is 4.53. The maximum Gasteiger partial charge on any atom is 0.416 e. The molecule has 4 heteroatoms. The van der Waals surface area contributed by atoms with E-state index in [1.807, 2.05) is 6.92 Å². The van der Waals surface area contributed by atoms with Crippen LogP contribution in [0.4, 0.5) is 4.79 Å². The molecule has 0 radical (unpaired) electrons. The van der Waals surface area contributed by atoms with E-state index < -0.39 is 6.09 Å². The molecule has 0 N–H and O–H groups in total. The van der Waals surface area contributed by atoms with Crippen LogP contribution in [-0.2, 0) is 9.53 Å². The number of rotatable bonds is 3. The minimum absolute atomic E-state index is 0.0756. The fourth-order valence-corrected chi connectivity index (χ4v) is 1.91. The number of ether oxygens (including phenoxy) is 1. The van der Waals surface area contributed by atoms with Crippen LogP contribution < -0.4 is 0 Å². The molecule has 0 aliphatic carbocycles. The van der Waals surface area contributed by atoms with E-state index in [-0.39, 0.29) is 5.91 Å². The number of carbonyl (C=O) groups is 2. The molecular formula is C13H23NO3. The molecule has 1 aliphatic rings. The molecule has 4 nitrogen and oxygen atoms in total. The van der Waals surface area contributed by atoms with Gasteiger partial charge in [0, 0.05) is 13.0 Å². The quantitative estimate of drug-likeness (QED) is 0.713. The Bertz CT molecular complexity index is 253. The number of amides is 2. The number of unbranched alkanes of at least 4 members (excludes halogenated alkanes) is 1.